The minimum absolute atomic E-state index is 0.125. The first kappa shape index (κ1) is 16.5. The third-order valence-corrected chi connectivity index (χ3v) is 5.70. The summed E-state index contributed by atoms with van der Waals surface area (Å²) in [5.41, 5.74) is 2.68. The van der Waals surface area contributed by atoms with Crippen molar-refractivity contribution in [3.05, 3.63) is 79.1 Å². The topological polar surface area (TPSA) is 59.0 Å². The maximum Gasteiger partial charge on any atom is 0.284 e. The van der Waals surface area contributed by atoms with E-state index in [1.807, 2.05) is 24.3 Å². The summed E-state index contributed by atoms with van der Waals surface area (Å²) < 4.78 is 2.79. The van der Waals surface area contributed by atoms with Gasteiger partial charge in [-0.05, 0) is 42.5 Å². The molecule has 0 saturated heterocycles. The van der Waals surface area contributed by atoms with Crippen molar-refractivity contribution >= 4 is 46.6 Å². The molecule has 0 amide bonds. The fourth-order valence-corrected chi connectivity index (χ4v) is 4.01. The molecular weight excluding hydrogens is 405 g/mol. The second-order valence-corrected chi connectivity index (χ2v) is 7.28. The van der Waals surface area contributed by atoms with Crippen LogP contribution < -0.4 is 10.9 Å². The number of aromatic hydroxyl groups is 1. The lowest BCUT2D eigenvalue weighted by molar-refractivity contribution is 0.447. The number of pyridine rings is 1. The average Bonchev–Trinajstić information content (AvgIpc) is 3.14. The molecule has 3 heterocycles. The lowest BCUT2D eigenvalue weighted by atomic mass is 10.1. The molecule has 4 aromatic rings. The number of fused-ring (bicyclic) bond motifs is 4. The van der Waals surface area contributed by atoms with Gasteiger partial charge in [-0.1, -0.05) is 41.4 Å². The van der Waals surface area contributed by atoms with E-state index in [-0.39, 0.29) is 16.2 Å². The fraction of sp³-hybridized carbons (Fsp3) is 0. The van der Waals surface area contributed by atoms with Gasteiger partial charge in [-0.15, -0.1) is 0 Å². The van der Waals surface area contributed by atoms with E-state index in [9.17, 15) is 9.90 Å². The van der Waals surface area contributed by atoms with Crippen LogP contribution in [0, 0.1) is 4.77 Å². The van der Waals surface area contributed by atoms with Gasteiger partial charge in [0.1, 0.15) is 10.9 Å². The fourth-order valence-electron chi connectivity index (χ4n) is 3.35. The molecule has 0 saturated carbocycles. The standard InChI is InChI=1S/C19H9Cl2N3O2S/c20-12-6-5-9(7-13(12)21)23-17(25)15-8-11-10-3-1-2-4-14(10)22-16(11)18(26)24(15)19(23)27/h1-8,25H. The monoisotopic (exact) mass is 413 g/mol. The predicted molar refractivity (Wildman–Crippen MR) is 107 cm³/mol. The molecule has 27 heavy (non-hydrogen) atoms. The Morgan fingerprint density at radius 2 is 1.78 bits per heavy atom. The van der Waals surface area contributed by atoms with Crippen LogP contribution >= 0.6 is 35.4 Å². The van der Waals surface area contributed by atoms with Crippen molar-refractivity contribution in [2.45, 2.75) is 0 Å². The van der Waals surface area contributed by atoms with Crippen LogP contribution in [0.5, 0.6) is 5.88 Å². The minimum Gasteiger partial charge on any atom is -0.493 e. The Labute approximate surface area is 167 Å². The minimum atomic E-state index is -0.377. The number of aromatic nitrogens is 2. The Kier molecular flexibility index (Phi) is 3.46. The van der Waals surface area contributed by atoms with Gasteiger partial charge in [0.2, 0.25) is 5.88 Å². The van der Waals surface area contributed by atoms with Gasteiger partial charge < -0.3 is 5.11 Å². The van der Waals surface area contributed by atoms with Crippen LogP contribution in [0.3, 0.4) is 0 Å². The molecular formula is C19H9Cl2N3O2S. The predicted octanol–water partition coefficient (Wildman–Crippen LogP) is 4.48. The lowest BCUT2D eigenvalue weighted by Crippen LogP contribution is -2.31. The Morgan fingerprint density at radius 3 is 2.56 bits per heavy atom. The number of nitrogens with zero attached hydrogens (tertiary/aromatic N) is 3. The first-order valence-electron chi connectivity index (χ1n) is 7.94. The van der Waals surface area contributed by atoms with Crippen LogP contribution in [0.15, 0.2) is 58.3 Å². The number of para-hydroxylation sites is 1. The summed E-state index contributed by atoms with van der Waals surface area (Å²) in [6, 6.07) is 14.1. The SMILES string of the molecule is O=c1c2c(cc3c(O)n(-c4ccc(Cl)c(Cl)c4)c(=S)n13)-c1ccccc1N=2. The Balaban J connectivity index is 1.89. The summed E-state index contributed by atoms with van der Waals surface area (Å²) in [5.74, 6) is -0.150. The van der Waals surface area contributed by atoms with Crippen molar-refractivity contribution in [3.63, 3.8) is 0 Å². The first-order chi connectivity index (χ1) is 13.0. The highest BCUT2D eigenvalue weighted by molar-refractivity contribution is 7.71. The molecule has 5 rings (SSSR count). The van der Waals surface area contributed by atoms with Crippen LogP contribution in [0.2, 0.25) is 10.0 Å². The lowest BCUT2D eigenvalue weighted by Gasteiger charge is -2.05. The third kappa shape index (κ3) is 2.21. The largest absolute Gasteiger partial charge is 0.493 e. The molecule has 0 atom stereocenters. The van der Waals surface area contributed by atoms with Crippen molar-refractivity contribution in [2.75, 3.05) is 0 Å². The molecule has 0 unspecified atom stereocenters. The maximum absolute atomic E-state index is 13.1. The van der Waals surface area contributed by atoms with E-state index in [0.717, 1.165) is 11.3 Å². The summed E-state index contributed by atoms with van der Waals surface area (Å²) in [6.07, 6.45) is 0. The van der Waals surface area contributed by atoms with Crippen LogP contribution in [-0.4, -0.2) is 14.1 Å². The van der Waals surface area contributed by atoms with Crippen molar-refractivity contribution in [1.82, 2.24) is 8.97 Å². The van der Waals surface area contributed by atoms with Gasteiger partial charge in [0.25, 0.3) is 5.56 Å². The second-order valence-electron chi connectivity index (χ2n) is 6.10. The molecule has 1 N–H and O–H groups in total. The molecule has 1 aliphatic rings. The van der Waals surface area contributed by atoms with Gasteiger partial charge in [-0.2, -0.15) is 0 Å². The molecule has 5 nitrogen and oxygen atoms in total. The zero-order valence-electron chi connectivity index (χ0n) is 13.5. The summed E-state index contributed by atoms with van der Waals surface area (Å²) in [7, 11) is 0. The highest BCUT2D eigenvalue weighted by atomic mass is 35.5. The molecule has 0 spiro atoms. The van der Waals surface area contributed by atoms with Crippen LogP contribution in [-0.2, 0) is 0 Å². The molecule has 0 fully saturated rings. The van der Waals surface area contributed by atoms with Crippen LogP contribution in [0.4, 0.5) is 5.69 Å². The number of halogens is 2. The highest BCUT2D eigenvalue weighted by Gasteiger charge is 2.22. The number of hydrogen-bond acceptors (Lipinski definition) is 4. The van der Waals surface area contributed by atoms with Gasteiger partial charge in [-0.25, -0.2) is 9.39 Å². The van der Waals surface area contributed by atoms with Crippen molar-refractivity contribution in [2.24, 2.45) is 4.99 Å². The van der Waals surface area contributed by atoms with Crippen molar-refractivity contribution in [1.29, 1.82) is 0 Å². The smallest absolute Gasteiger partial charge is 0.284 e. The van der Waals surface area contributed by atoms with E-state index >= 15 is 0 Å². The third-order valence-electron chi connectivity index (χ3n) is 4.59. The first-order valence-corrected chi connectivity index (χ1v) is 9.11. The van der Waals surface area contributed by atoms with Crippen LogP contribution in [0.25, 0.3) is 22.3 Å². The van der Waals surface area contributed by atoms with Gasteiger partial charge in [0.15, 0.2) is 4.77 Å². The van der Waals surface area contributed by atoms with Gasteiger partial charge in [0, 0.05) is 11.1 Å². The molecule has 0 bridgehead atoms. The van der Waals surface area contributed by atoms with Crippen molar-refractivity contribution in [3.8, 4) is 22.7 Å². The second kappa shape index (κ2) is 5.66. The Bertz CT molecular complexity index is 1460. The number of imidazole rings is 1. The van der Waals surface area contributed by atoms with Crippen LogP contribution in [0.1, 0.15) is 0 Å². The van der Waals surface area contributed by atoms with E-state index in [1.54, 1.807) is 24.3 Å². The summed E-state index contributed by atoms with van der Waals surface area (Å²) in [4.78, 5) is 17.5. The molecule has 1 aliphatic heterocycles. The summed E-state index contributed by atoms with van der Waals surface area (Å²) >= 11 is 17.5. The van der Waals surface area contributed by atoms with Gasteiger partial charge >= 0.3 is 0 Å². The average molecular weight is 414 g/mol. The van der Waals surface area contributed by atoms with Gasteiger partial charge in [-0.3, -0.25) is 9.36 Å². The molecule has 0 radical (unpaired) electrons. The quantitative estimate of drug-likeness (QED) is 0.412. The van der Waals surface area contributed by atoms with E-state index in [0.29, 0.717) is 32.2 Å². The van der Waals surface area contributed by atoms with E-state index in [1.165, 1.54) is 8.97 Å². The Hall–Kier alpha value is -2.67. The van der Waals surface area contributed by atoms with Crippen molar-refractivity contribution < 1.29 is 5.11 Å². The number of rotatable bonds is 1. The van der Waals surface area contributed by atoms with E-state index in [4.69, 9.17) is 35.4 Å². The zero-order chi connectivity index (χ0) is 18.9. The summed E-state index contributed by atoms with van der Waals surface area (Å²) in [6.45, 7) is 0. The molecule has 8 heteroatoms. The van der Waals surface area contributed by atoms with Gasteiger partial charge in [0.05, 0.1) is 21.4 Å². The molecule has 2 aromatic heterocycles. The number of hydrogen-bond donors (Lipinski definition) is 1. The maximum atomic E-state index is 13.1. The summed E-state index contributed by atoms with van der Waals surface area (Å²) in [5, 5.41) is 11.8. The normalized spacial score (nSPS) is 12.1. The zero-order valence-corrected chi connectivity index (χ0v) is 15.8. The van der Waals surface area contributed by atoms with E-state index in [2.05, 4.69) is 4.99 Å². The number of benzene rings is 2. The molecule has 2 aromatic carbocycles. The van der Waals surface area contributed by atoms with E-state index < -0.39 is 0 Å². The highest BCUT2D eigenvalue weighted by Crippen LogP contribution is 2.34. The Morgan fingerprint density at radius 1 is 1.00 bits per heavy atom. The molecule has 132 valence electrons. The molecule has 0 aliphatic carbocycles.